The minimum absolute atomic E-state index is 0.0316. The molecule has 0 bridgehead atoms. The van der Waals surface area contributed by atoms with E-state index < -0.39 is 5.67 Å². The van der Waals surface area contributed by atoms with Gasteiger partial charge in [0.05, 0.1) is 5.60 Å². The predicted molar refractivity (Wildman–Crippen MR) is 61.9 cm³/mol. The average molecular weight is 233 g/mol. The molecule has 2 fully saturated rings. The van der Waals surface area contributed by atoms with Crippen molar-refractivity contribution in [1.29, 1.82) is 0 Å². The summed E-state index contributed by atoms with van der Waals surface area (Å²) in [5, 5.41) is 0. The fraction of sp³-hybridized carbons (Fsp3) is 1.00. The van der Waals surface area contributed by atoms with E-state index in [4.69, 9.17) is 10.5 Å². The average Bonchev–Trinajstić information content (AvgIpc) is 2.66. The molecule has 2 heterocycles. The van der Waals surface area contributed by atoms with Crippen LogP contribution in [0.1, 0.15) is 26.2 Å². The summed E-state index contributed by atoms with van der Waals surface area (Å²) in [6.07, 6.45) is 2.75. The maximum atomic E-state index is 14.2. The molecule has 2 aliphatic rings. The Bertz CT molecular complexity index is 229. The molecular formula is C11H20FNOS. The second-order valence-corrected chi connectivity index (χ2v) is 6.11. The molecule has 0 aliphatic carbocycles. The molecular weight excluding hydrogens is 213 g/mol. The summed E-state index contributed by atoms with van der Waals surface area (Å²) >= 11 is 1.92. The van der Waals surface area contributed by atoms with Crippen molar-refractivity contribution in [2.24, 2.45) is 11.7 Å². The summed E-state index contributed by atoms with van der Waals surface area (Å²) in [6, 6.07) is 0. The van der Waals surface area contributed by atoms with Crippen molar-refractivity contribution >= 4 is 11.8 Å². The standard InChI is InChI=1S/C11H20FNOS/c1-10(12,7-13)9-2-4-14-11(6-9)3-5-15-8-11/h9H,2-8,13H2,1H3. The van der Waals surface area contributed by atoms with Crippen LogP contribution in [0.5, 0.6) is 0 Å². The van der Waals surface area contributed by atoms with Crippen LogP contribution in [0, 0.1) is 5.92 Å². The smallest absolute Gasteiger partial charge is 0.123 e. The van der Waals surface area contributed by atoms with Gasteiger partial charge in [-0.25, -0.2) is 4.39 Å². The minimum atomic E-state index is -1.22. The number of hydrogen-bond acceptors (Lipinski definition) is 3. The van der Waals surface area contributed by atoms with Crippen molar-refractivity contribution in [3.05, 3.63) is 0 Å². The van der Waals surface area contributed by atoms with Gasteiger partial charge in [-0.05, 0) is 37.9 Å². The van der Waals surface area contributed by atoms with Crippen LogP contribution >= 0.6 is 11.8 Å². The molecule has 1 spiro atoms. The number of nitrogens with two attached hydrogens (primary N) is 1. The number of alkyl halides is 1. The third-order valence-corrected chi connectivity index (χ3v) is 5.03. The lowest BCUT2D eigenvalue weighted by molar-refractivity contribution is -0.106. The van der Waals surface area contributed by atoms with E-state index in [1.54, 1.807) is 6.92 Å². The van der Waals surface area contributed by atoms with E-state index in [1.807, 2.05) is 11.8 Å². The van der Waals surface area contributed by atoms with Gasteiger partial charge in [0.25, 0.3) is 0 Å². The molecule has 0 saturated carbocycles. The van der Waals surface area contributed by atoms with Crippen LogP contribution in [-0.2, 0) is 4.74 Å². The van der Waals surface area contributed by atoms with Crippen molar-refractivity contribution < 1.29 is 9.13 Å². The number of thioether (sulfide) groups is 1. The number of halogens is 1. The molecule has 4 heteroatoms. The quantitative estimate of drug-likeness (QED) is 0.792. The fourth-order valence-corrected chi connectivity index (χ4v) is 3.95. The molecule has 0 amide bonds. The van der Waals surface area contributed by atoms with Crippen LogP contribution in [0.2, 0.25) is 0 Å². The first-order chi connectivity index (χ1) is 7.08. The van der Waals surface area contributed by atoms with Crippen LogP contribution in [0.4, 0.5) is 4.39 Å². The maximum Gasteiger partial charge on any atom is 0.123 e. The molecule has 0 aromatic rings. The largest absolute Gasteiger partial charge is 0.374 e. The summed E-state index contributed by atoms with van der Waals surface area (Å²) < 4.78 is 20.0. The summed E-state index contributed by atoms with van der Waals surface area (Å²) in [5.41, 5.74) is 4.25. The third-order valence-electron chi connectivity index (χ3n) is 3.81. The number of ether oxygens (including phenoxy) is 1. The van der Waals surface area contributed by atoms with Gasteiger partial charge in [-0.2, -0.15) is 11.8 Å². The molecule has 15 heavy (non-hydrogen) atoms. The Labute approximate surface area is 95.1 Å². The first kappa shape index (κ1) is 11.7. The first-order valence-corrected chi connectivity index (χ1v) is 6.84. The molecule has 88 valence electrons. The maximum absolute atomic E-state index is 14.2. The van der Waals surface area contributed by atoms with Gasteiger partial charge >= 0.3 is 0 Å². The lowest BCUT2D eigenvalue weighted by Gasteiger charge is -2.42. The van der Waals surface area contributed by atoms with Crippen LogP contribution in [-0.4, -0.2) is 35.9 Å². The molecule has 0 aromatic heterocycles. The van der Waals surface area contributed by atoms with Crippen LogP contribution in [0.15, 0.2) is 0 Å². The molecule has 3 atom stereocenters. The Hall–Kier alpha value is 0.200. The number of rotatable bonds is 2. The zero-order chi connectivity index (χ0) is 10.9. The van der Waals surface area contributed by atoms with Crippen molar-refractivity contribution in [2.75, 3.05) is 24.7 Å². The van der Waals surface area contributed by atoms with Crippen LogP contribution < -0.4 is 5.73 Å². The molecule has 0 radical (unpaired) electrons. The van der Waals surface area contributed by atoms with Gasteiger partial charge in [-0.1, -0.05) is 0 Å². The van der Waals surface area contributed by atoms with E-state index >= 15 is 0 Å². The van der Waals surface area contributed by atoms with E-state index in [9.17, 15) is 4.39 Å². The zero-order valence-electron chi connectivity index (χ0n) is 9.30. The SMILES string of the molecule is CC(F)(CN)C1CCOC2(CCSC2)C1. The van der Waals surface area contributed by atoms with E-state index in [2.05, 4.69) is 0 Å². The van der Waals surface area contributed by atoms with Crippen molar-refractivity contribution in [1.82, 2.24) is 0 Å². The summed E-state index contributed by atoms with van der Waals surface area (Å²) in [5.74, 6) is 2.26. The highest BCUT2D eigenvalue weighted by Crippen LogP contribution is 2.44. The van der Waals surface area contributed by atoms with Gasteiger partial charge < -0.3 is 10.5 Å². The molecule has 2 rings (SSSR count). The Kier molecular flexibility index (Phi) is 3.29. The Morgan fingerprint density at radius 2 is 2.47 bits per heavy atom. The molecule has 3 unspecified atom stereocenters. The predicted octanol–water partition coefficient (Wildman–Crippen LogP) is 1.98. The van der Waals surface area contributed by atoms with Gasteiger partial charge in [-0.15, -0.1) is 0 Å². The van der Waals surface area contributed by atoms with Gasteiger partial charge in [0.2, 0.25) is 0 Å². The Balaban J connectivity index is 2.03. The minimum Gasteiger partial charge on any atom is -0.374 e. The molecule has 2 N–H and O–H groups in total. The van der Waals surface area contributed by atoms with Crippen molar-refractivity contribution in [3.63, 3.8) is 0 Å². The molecule has 0 aromatic carbocycles. The van der Waals surface area contributed by atoms with E-state index in [0.717, 1.165) is 30.8 Å². The molecule has 2 nitrogen and oxygen atoms in total. The van der Waals surface area contributed by atoms with Crippen molar-refractivity contribution in [2.45, 2.75) is 37.5 Å². The van der Waals surface area contributed by atoms with Gasteiger partial charge in [0.15, 0.2) is 0 Å². The second kappa shape index (κ2) is 4.22. The second-order valence-electron chi connectivity index (χ2n) is 5.01. The fourth-order valence-electron chi connectivity index (χ4n) is 2.57. The summed E-state index contributed by atoms with van der Waals surface area (Å²) in [7, 11) is 0. The van der Waals surface area contributed by atoms with E-state index in [0.29, 0.717) is 6.61 Å². The normalized spacial score (nSPS) is 40.6. The van der Waals surface area contributed by atoms with E-state index in [-0.39, 0.29) is 18.1 Å². The van der Waals surface area contributed by atoms with Crippen LogP contribution in [0.25, 0.3) is 0 Å². The highest BCUT2D eigenvalue weighted by atomic mass is 32.2. The lowest BCUT2D eigenvalue weighted by atomic mass is 9.77. The monoisotopic (exact) mass is 233 g/mol. The summed E-state index contributed by atoms with van der Waals surface area (Å²) in [6.45, 7) is 2.46. The number of hydrogen-bond donors (Lipinski definition) is 1. The zero-order valence-corrected chi connectivity index (χ0v) is 10.1. The van der Waals surface area contributed by atoms with Crippen molar-refractivity contribution in [3.8, 4) is 0 Å². The third kappa shape index (κ3) is 2.32. The molecule has 2 aliphatic heterocycles. The van der Waals surface area contributed by atoms with E-state index in [1.165, 1.54) is 0 Å². The Morgan fingerprint density at radius 1 is 1.67 bits per heavy atom. The summed E-state index contributed by atoms with van der Waals surface area (Å²) in [4.78, 5) is 0. The molecule has 2 saturated heterocycles. The highest BCUT2D eigenvalue weighted by Gasteiger charge is 2.46. The van der Waals surface area contributed by atoms with Gasteiger partial charge in [0, 0.05) is 18.9 Å². The van der Waals surface area contributed by atoms with Crippen LogP contribution in [0.3, 0.4) is 0 Å². The first-order valence-electron chi connectivity index (χ1n) is 5.69. The highest BCUT2D eigenvalue weighted by molar-refractivity contribution is 7.99. The topological polar surface area (TPSA) is 35.2 Å². The lowest BCUT2D eigenvalue weighted by Crippen LogP contribution is -2.48. The Morgan fingerprint density at radius 3 is 3.07 bits per heavy atom. The van der Waals surface area contributed by atoms with Gasteiger partial charge in [-0.3, -0.25) is 0 Å². The van der Waals surface area contributed by atoms with Gasteiger partial charge in [0.1, 0.15) is 5.67 Å².